The number of halogens is 1. The van der Waals surface area contributed by atoms with Gasteiger partial charge in [-0.05, 0) is 24.3 Å². The molecule has 0 unspecified atom stereocenters. The number of Topliss-reactive ketones (excluding diaryl/α,β-unsaturated/α-hetero) is 1. The molecule has 0 saturated carbocycles. The third-order valence-electron chi connectivity index (χ3n) is 1.83. The number of carbonyl (C=O) groups is 1. The van der Waals surface area contributed by atoms with Crippen LogP contribution in [0.5, 0.6) is 0 Å². The molecule has 0 saturated heterocycles. The van der Waals surface area contributed by atoms with Crippen LogP contribution < -0.4 is 0 Å². The average Bonchev–Trinajstić information content (AvgIpc) is 2.17. The molecule has 0 atom stereocenters. The molecule has 0 amide bonds. The van der Waals surface area contributed by atoms with Crippen LogP contribution in [0.4, 0.5) is 0 Å². The molecule has 0 spiro atoms. The average molecular weight is 307 g/mol. The van der Waals surface area contributed by atoms with E-state index in [0.717, 1.165) is 4.47 Å². The standard InChI is InChI=1S/C10H11BrO4S/c1-15-6-9(12)7-16(13,14)10-4-2-8(11)3-5-10/h2-5H,6-7H2,1H3. The molecule has 6 heteroatoms. The number of carbonyl (C=O) groups excluding carboxylic acids is 1. The second-order valence-corrected chi connectivity index (χ2v) is 6.09. The number of methoxy groups -OCH3 is 1. The van der Waals surface area contributed by atoms with Gasteiger partial charge >= 0.3 is 0 Å². The summed E-state index contributed by atoms with van der Waals surface area (Å²) in [5.41, 5.74) is 0. The Morgan fingerprint density at radius 2 is 1.88 bits per heavy atom. The topological polar surface area (TPSA) is 60.4 Å². The maximum Gasteiger partial charge on any atom is 0.185 e. The molecular weight excluding hydrogens is 296 g/mol. The lowest BCUT2D eigenvalue weighted by Gasteiger charge is -2.03. The Morgan fingerprint density at radius 1 is 1.31 bits per heavy atom. The van der Waals surface area contributed by atoms with E-state index in [1.54, 1.807) is 12.1 Å². The van der Waals surface area contributed by atoms with Crippen LogP contribution in [0.2, 0.25) is 0 Å². The Hall–Kier alpha value is -0.720. The third kappa shape index (κ3) is 3.70. The summed E-state index contributed by atoms with van der Waals surface area (Å²) in [6.45, 7) is -0.185. The number of ether oxygens (including phenoxy) is 1. The normalized spacial score (nSPS) is 11.4. The predicted molar refractivity (Wildman–Crippen MR) is 63.1 cm³/mol. The van der Waals surface area contributed by atoms with E-state index in [1.165, 1.54) is 19.2 Å². The summed E-state index contributed by atoms with van der Waals surface area (Å²) in [6, 6.07) is 6.15. The SMILES string of the molecule is COCC(=O)CS(=O)(=O)c1ccc(Br)cc1. The largest absolute Gasteiger partial charge is 0.377 e. The van der Waals surface area contributed by atoms with E-state index in [-0.39, 0.29) is 11.5 Å². The molecule has 0 bridgehead atoms. The fraction of sp³-hybridized carbons (Fsp3) is 0.300. The van der Waals surface area contributed by atoms with E-state index in [0.29, 0.717) is 0 Å². The molecule has 0 aliphatic rings. The van der Waals surface area contributed by atoms with Gasteiger partial charge in [0.25, 0.3) is 0 Å². The summed E-state index contributed by atoms with van der Waals surface area (Å²) in [5.74, 6) is -0.979. The monoisotopic (exact) mass is 306 g/mol. The zero-order chi connectivity index (χ0) is 12.2. The van der Waals surface area contributed by atoms with Gasteiger partial charge in [0.15, 0.2) is 15.6 Å². The Morgan fingerprint density at radius 3 is 2.38 bits per heavy atom. The summed E-state index contributed by atoms with van der Waals surface area (Å²) in [7, 11) is -2.20. The fourth-order valence-corrected chi connectivity index (χ4v) is 2.63. The summed E-state index contributed by atoms with van der Waals surface area (Å²) in [4.78, 5) is 11.3. The van der Waals surface area contributed by atoms with Crippen molar-refractivity contribution in [3.8, 4) is 0 Å². The van der Waals surface area contributed by atoms with Gasteiger partial charge in [-0.2, -0.15) is 0 Å². The maximum absolute atomic E-state index is 11.7. The van der Waals surface area contributed by atoms with E-state index in [9.17, 15) is 13.2 Å². The molecule has 16 heavy (non-hydrogen) atoms. The minimum atomic E-state index is -3.55. The Bertz CT molecular complexity index is 464. The summed E-state index contributed by atoms with van der Waals surface area (Å²) in [6.07, 6.45) is 0. The van der Waals surface area contributed by atoms with E-state index < -0.39 is 21.4 Å². The molecule has 4 nitrogen and oxygen atoms in total. The first-order valence-corrected chi connectivity index (χ1v) is 6.89. The lowest BCUT2D eigenvalue weighted by atomic mass is 10.4. The van der Waals surface area contributed by atoms with Gasteiger partial charge in [-0.1, -0.05) is 15.9 Å². The van der Waals surface area contributed by atoms with Gasteiger partial charge in [-0.25, -0.2) is 8.42 Å². The van der Waals surface area contributed by atoms with Crippen LogP contribution in [0, 0.1) is 0 Å². The first kappa shape index (κ1) is 13.3. The fourth-order valence-electron chi connectivity index (χ4n) is 1.14. The van der Waals surface area contributed by atoms with Gasteiger partial charge in [-0.3, -0.25) is 4.79 Å². The number of benzene rings is 1. The molecule has 0 N–H and O–H groups in total. The van der Waals surface area contributed by atoms with Gasteiger partial charge in [0.05, 0.1) is 4.90 Å². The maximum atomic E-state index is 11.7. The van der Waals surface area contributed by atoms with Crippen molar-refractivity contribution in [3.05, 3.63) is 28.7 Å². The van der Waals surface area contributed by atoms with Gasteiger partial charge in [-0.15, -0.1) is 0 Å². The molecule has 1 rings (SSSR count). The first-order chi connectivity index (χ1) is 7.45. The molecule has 88 valence electrons. The lowest BCUT2D eigenvalue weighted by Crippen LogP contribution is -2.19. The minimum Gasteiger partial charge on any atom is -0.377 e. The highest BCUT2D eigenvalue weighted by Crippen LogP contribution is 2.15. The van der Waals surface area contributed by atoms with Gasteiger partial charge < -0.3 is 4.74 Å². The molecule has 0 aromatic heterocycles. The van der Waals surface area contributed by atoms with Gasteiger partial charge in [0, 0.05) is 11.6 Å². The van der Waals surface area contributed by atoms with Crippen LogP contribution in [-0.2, 0) is 19.4 Å². The smallest absolute Gasteiger partial charge is 0.185 e. The second kappa shape index (κ2) is 5.56. The predicted octanol–water partition coefficient (Wildman–Crippen LogP) is 1.44. The van der Waals surface area contributed by atoms with Crippen molar-refractivity contribution in [2.45, 2.75) is 4.90 Å². The Balaban J connectivity index is 2.86. The van der Waals surface area contributed by atoms with Crippen LogP contribution in [-0.4, -0.2) is 33.7 Å². The second-order valence-electron chi connectivity index (χ2n) is 3.18. The van der Waals surface area contributed by atoms with Crippen LogP contribution in [0.25, 0.3) is 0 Å². The highest BCUT2D eigenvalue weighted by Gasteiger charge is 2.18. The zero-order valence-electron chi connectivity index (χ0n) is 8.64. The number of ketones is 1. The van der Waals surface area contributed by atoms with Crippen molar-refractivity contribution in [1.82, 2.24) is 0 Å². The number of hydrogen-bond acceptors (Lipinski definition) is 4. The van der Waals surface area contributed by atoms with Crippen molar-refractivity contribution >= 4 is 31.6 Å². The van der Waals surface area contributed by atoms with Gasteiger partial charge in [0.2, 0.25) is 0 Å². The lowest BCUT2D eigenvalue weighted by molar-refractivity contribution is -0.120. The van der Waals surface area contributed by atoms with Crippen molar-refractivity contribution in [1.29, 1.82) is 0 Å². The minimum absolute atomic E-state index is 0.139. The molecule has 0 heterocycles. The highest BCUT2D eigenvalue weighted by atomic mass is 79.9. The van der Waals surface area contributed by atoms with Crippen molar-refractivity contribution < 1.29 is 17.9 Å². The first-order valence-electron chi connectivity index (χ1n) is 4.44. The molecule has 0 aliphatic carbocycles. The number of hydrogen-bond donors (Lipinski definition) is 0. The quantitative estimate of drug-likeness (QED) is 0.826. The summed E-state index contributed by atoms with van der Waals surface area (Å²) in [5, 5.41) is 0. The molecule has 1 aromatic rings. The number of sulfone groups is 1. The Kier molecular flexibility index (Phi) is 4.64. The van der Waals surface area contributed by atoms with E-state index in [2.05, 4.69) is 20.7 Å². The van der Waals surface area contributed by atoms with Crippen molar-refractivity contribution in [3.63, 3.8) is 0 Å². The molecular formula is C10H11BrO4S. The van der Waals surface area contributed by atoms with Gasteiger partial charge in [0.1, 0.15) is 12.4 Å². The van der Waals surface area contributed by atoms with Crippen LogP contribution in [0.1, 0.15) is 0 Å². The summed E-state index contributed by atoms with van der Waals surface area (Å²) < 4.78 is 28.8. The van der Waals surface area contributed by atoms with Crippen molar-refractivity contribution in [2.24, 2.45) is 0 Å². The molecule has 0 fully saturated rings. The number of rotatable bonds is 5. The summed E-state index contributed by atoms with van der Waals surface area (Å²) >= 11 is 3.21. The van der Waals surface area contributed by atoms with E-state index >= 15 is 0 Å². The van der Waals surface area contributed by atoms with Crippen LogP contribution in [0.15, 0.2) is 33.6 Å². The molecule has 0 radical (unpaired) electrons. The zero-order valence-corrected chi connectivity index (χ0v) is 11.0. The van der Waals surface area contributed by atoms with E-state index in [1.807, 2.05) is 0 Å². The molecule has 1 aromatic carbocycles. The van der Waals surface area contributed by atoms with E-state index in [4.69, 9.17) is 0 Å². The highest BCUT2D eigenvalue weighted by molar-refractivity contribution is 9.10. The Labute approximate surface area is 103 Å². The third-order valence-corrected chi connectivity index (χ3v) is 4.05. The van der Waals surface area contributed by atoms with Crippen LogP contribution in [0.3, 0.4) is 0 Å². The van der Waals surface area contributed by atoms with Crippen molar-refractivity contribution in [2.75, 3.05) is 19.5 Å². The molecule has 0 aliphatic heterocycles. The van der Waals surface area contributed by atoms with Crippen LogP contribution >= 0.6 is 15.9 Å².